The van der Waals surface area contributed by atoms with Gasteiger partial charge in [0.1, 0.15) is 19.3 Å². The molecule has 0 saturated heterocycles. The molecule has 0 saturated carbocycles. The van der Waals surface area contributed by atoms with Gasteiger partial charge in [-0.3, -0.25) is 37.3 Å². The standard InChI is InChI=1S/C76H148O17P2/c1-8-10-11-12-13-14-15-16-17-18-19-20-21-24-31-36-45-52-59-75(80)92-71(63-86-73(78)57-50-43-35-30-25-22-23-28-33-40-47-54-67(3)4)65-90-94(82,83)88-61-70(77)62-89-95(84,85)91-66-72(64-87-74(79)58-51-44-39-38-42-49-56-69(7)9-2)93-76(81)60-53-46-37-32-27-26-29-34-41-48-55-68(5)6/h67-72,77H,8-66H2,1-7H3,(H,82,83)(H,84,85)/t69?,70-,71-,72-/m1/s1. The lowest BCUT2D eigenvalue weighted by atomic mass is 10.00. The molecule has 19 heteroatoms. The number of carbonyl (C=O) groups is 4. The van der Waals surface area contributed by atoms with Crippen molar-refractivity contribution in [2.45, 2.75) is 407 Å². The van der Waals surface area contributed by atoms with E-state index < -0.39 is 97.5 Å². The zero-order valence-electron chi connectivity index (χ0n) is 62.1. The van der Waals surface area contributed by atoms with E-state index in [0.29, 0.717) is 25.7 Å². The van der Waals surface area contributed by atoms with Gasteiger partial charge in [-0.05, 0) is 43.4 Å². The molecule has 0 rings (SSSR count). The molecule has 0 radical (unpaired) electrons. The zero-order chi connectivity index (χ0) is 70.1. The fourth-order valence-corrected chi connectivity index (χ4v) is 13.1. The van der Waals surface area contributed by atoms with Crippen molar-refractivity contribution in [3.63, 3.8) is 0 Å². The lowest BCUT2D eigenvalue weighted by Crippen LogP contribution is -2.30. The van der Waals surface area contributed by atoms with Gasteiger partial charge < -0.3 is 33.8 Å². The molecule has 17 nitrogen and oxygen atoms in total. The van der Waals surface area contributed by atoms with Crippen molar-refractivity contribution < 1.29 is 80.2 Å². The van der Waals surface area contributed by atoms with Crippen molar-refractivity contribution in [3.8, 4) is 0 Å². The second-order valence-electron chi connectivity index (χ2n) is 28.6. The van der Waals surface area contributed by atoms with E-state index in [1.54, 1.807) is 0 Å². The minimum Gasteiger partial charge on any atom is -0.462 e. The SMILES string of the molecule is CCCCCCCCCCCCCCCCCCCCC(=O)O[C@H](COC(=O)CCCCCCCCCCCCCC(C)C)COP(=O)(O)OC[C@@H](O)COP(=O)(O)OC[C@@H](COC(=O)CCCCCCCCC(C)CC)OC(=O)CCCCCCCCCCCCC(C)C. The Bertz CT molecular complexity index is 1850. The number of esters is 4. The van der Waals surface area contributed by atoms with Gasteiger partial charge in [0.25, 0.3) is 0 Å². The van der Waals surface area contributed by atoms with Crippen LogP contribution in [0.2, 0.25) is 0 Å². The maximum Gasteiger partial charge on any atom is 0.472 e. The van der Waals surface area contributed by atoms with Crippen LogP contribution in [0.1, 0.15) is 389 Å². The average Bonchev–Trinajstić information content (AvgIpc) is 1.55. The minimum absolute atomic E-state index is 0.105. The molecule has 3 unspecified atom stereocenters. The summed E-state index contributed by atoms with van der Waals surface area (Å²) in [5.74, 6) is 0.135. The number of aliphatic hydroxyl groups is 1. The highest BCUT2D eigenvalue weighted by molar-refractivity contribution is 7.47. The van der Waals surface area contributed by atoms with Crippen molar-refractivity contribution in [3.05, 3.63) is 0 Å². The number of hydrogen-bond donors (Lipinski definition) is 3. The number of carbonyl (C=O) groups excluding carboxylic acids is 4. The summed E-state index contributed by atoms with van der Waals surface area (Å²) in [5.41, 5.74) is 0. The molecule has 3 N–H and O–H groups in total. The van der Waals surface area contributed by atoms with Crippen molar-refractivity contribution in [1.82, 2.24) is 0 Å². The van der Waals surface area contributed by atoms with Crippen LogP contribution in [-0.4, -0.2) is 96.7 Å². The molecular formula is C76H148O17P2. The van der Waals surface area contributed by atoms with Gasteiger partial charge in [0.15, 0.2) is 12.2 Å². The number of ether oxygens (including phenoxy) is 4. The molecule has 0 spiro atoms. The summed E-state index contributed by atoms with van der Waals surface area (Å²) >= 11 is 0. The Balaban J connectivity index is 5.25. The molecule has 95 heavy (non-hydrogen) atoms. The first-order valence-corrected chi connectivity index (χ1v) is 42.4. The zero-order valence-corrected chi connectivity index (χ0v) is 63.9. The molecular weight excluding hydrogens is 1250 g/mol. The van der Waals surface area contributed by atoms with Crippen LogP contribution < -0.4 is 0 Å². The van der Waals surface area contributed by atoms with E-state index in [9.17, 15) is 43.2 Å². The van der Waals surface area contributed by atoms with Gasteiger partial charge in [-0.2, -0.15) is 0 Å². The summed E-state index contributed by atoms with van der Waals surface area (Å²) in [5, 5.41) is 10.6. The normalized spacial score (nSPS) is 14.4. The number of unbranched alkanes of at least 4 members (excludes halogenated alkanes) is 41. The first kappa shape index (κ1) is 93.1. The van der Waals surface area contributed by atoms with Crippen molar-refractivity contribution in [1.29, 1.82) is 0 Å². The predicted octanol–water partition coefficient (Wildman–Crippen LogP) is 22.2. The van der Waals surface area contributed by atoms with E-state index in [4.69, 9.17) is 37.0 Å². The summed E-state index contributed by atoms with van der Waals surface area (Å²) in [4.78, 5) is 72.8. The van der Waals surface area contributed by atoms with Gasteiger partial charge in [-0.1, -0.05) is 337 Å². The summed E-state index contributed by atoms with van der Waals surface area (Å²) in [6.07, 6.45) is 52.7. The second kappa shape index (κ2) is 66.6. The minimum atomic E-state index is -4.96. The Morgan fingerprint density at radius 3 is 0.800 bits per heavy atom. The molecule has 564 valence electrons. The topological polar surface area (TPSA) is 237 Å². The quantitative estimate of drug-likeness (QED) is 0.0222. The van der Waals surface area contributed by atoms with E-state index >= 15 is 0 Å². The summed E-state index contributed by atoms with van der Waals surface area (Å²) < 4.78 is 68.5. The van der Waals surface area contributed by atoms with E-state index in [-0.39, 0.29) is 25.7 Å². The largest absolute Gasteiger partial charge is 0.472 e. The van der Waals surface area contributed by atoms with Gasteiger partial charge in [0.2, 0.25) is 0 Å². The monoisotopic (exact) mass is 1400 g/mol. The third-order valence-corrected chi connectivity index (χ3v) is 19.9. The van der Waals surface area contributed by atoms with Crippen LogP contribution in [0.3, 0.4) is 0 Å². The molecule has 6 atom stereocenters. The molecule has 0 heterocycles. The van der Waals surface area contributed by atoms with E-state index in [1.165, 1.54) is 193 Å². The molecule has 0 aliphatic carbocycles. The molecule has 0 aromatic carbocycles. The summed E-state index contributed by atoms with van der Waals surface area (Å²) in [7, 11) is -9.91. The van der Waals surface area contributed by atoms with Crippen molar-refractivity contribution in [2.75, 3.05) is 39.6 Å². The molecule has 0 aliphatic heterocycles. The van der Waals surface area contributed by atoms with Crippen LogP contribution in [0.15, 0.2) is 0 Å². The molecule has 0 aliphatic rings. The number of hydrogen-bond acceptors (Lipinski definition) is 15. The fraction of sp³-hybridized carbons (Fsp3) is 0.947. The molecule has 0 aromatic heterocycles. The highest BCUT2D eigenvalue weighted by atomic mass is 31.2. The maximum absolute atomic E-state index is 13.1. The fourth-order valence-electron chi connectivity index (χ4n) is 11.6. The van der Waals surface area contributed by atoms with Gasteiger partial charge >= 0.3 is 39.5 Å². The van der Waals surface area contributed by atoms with Gasteiger partial charge in [-0.25, -0.2) is 9.13 Å². The Hall–Kier alpha value is -1.94. The van der Waals surface area contributed by atoms with Gasteiger partial charge in [-0.15, -0.1) is 0 Å². The van der Waals surface area contributed by atoms with Crippen LogP contribution in [0, 0.1) is 17.8 Å². The van der Waals surface area contributed by atoms with Crippen LogP contribution >= 0.6 is 15.6 Å². The van der Waals surface area contributed by atoms with E-state index in [1.807, 2.05) is 0 Å². The van der Waals surface area contributed by atoms with E-state index in [0.717, 1.165) is 114 Å². The smallest absolute Gasteiger partial charge is 0.462 e. The average molecular weight is 1400 g/mol. The number of rotatable bonds is 74. The number of aliphatic hydroxyl groups excluding tert-OH is 1. The van der Waals surface area contributed by atoms with Crippen molar-refractivity contribution >= 4 is 39.5 Å². The van der Waals surface area contributed by atoms with Crippen LogP contribution in [0.4, 0.5) is 0 Å². The molecule has 0 bridgehead atoms. The Kier molecular flexibility index (Phi) is 65.2. The first-order chi connectivity index (χ1) is 45.8. The third kappa shape index (κ3) is 69.0. The van der Waals surface area contributed by atoms with Gasteiger partial charge in [0, 0.05) is 25.7 Å². The Labute approximate surface area is 581 Å². The lowest BCUT2D eigenvalue weighted by molar-refractivity contribution is -0.161. The first-order valence-electron chi connectivity index (χ1n) is 39.4. The molecule has 0 aromatic rings. The summed E-state index contributed by atoms with van der Waals surface area (Å²) in [6.45, 7) is 11.9. The maximum atomic E-state index is 13.1. The van der Waals surface area contributed by atoms with Crippen LogP contribution in [0.25, 0.3) is 0 Å². The molecule has 0 fully saturated rings. The highest BCUT2D eigenvalue weighted by Crippen LogP contribution is 2.45. The van der Waals surface area contributed by atoms with Crippen molar-refractivity contribution in [2.24, 2.45) is 17.8 Å². The number of phosphoric ester groups is 2. The Morgan fingerprint density at radius 2 is 0.537 bits per heavy atom. The van der Waals surface area contributed by atoms with E-state index in [2.05, 4.69) is 48.5 Å². The second-order valence-corrected chi connectivity index (χ2v) is 31.5. The number of phosphoric acid groups is 2. The van der Waals surface area contributed by atoms with Crippen LogP contribution in [0.5, 0.6) is 0 Å². The summed E-state index contributed by atoms with van der Waals surface area (Å²) in [6, 6.07) is 0. The van der Waals surface area contributed by atoms with Crippen LogP contribution in [-0.2, 0) is 65.4 Å². The van der Waals surface area contributed by atoms with Gasteiger partial charge in [0.05, 0.1) is 26.4 Å². The molecule has 0 amide bonds. The lowest BCUT2D eigenvalue weighted by Gasteiger charge is -2.21. The predicted molar refractivity (Wildman–Crippen MR) is 386 cm³/mol. The Morgan fingerprint density at radius 1 is 0.305 bits per heavy atom. The highest BCUT2D eigenvalue weighted by Gasteiger charge is 2.30. The third-order valence-electron chi connectivity index (χ3n) is 18.0.